The van der Waals surface area contributed by atoms with Crippen LogP contribution in [0.2, 0.25) is 5.02 Å². The predicted octanol–water partition coefficient (Wildman–Crippen LogP) is 4.22. The number of thiazole rings is 1. The molecule has 0 radical (unpaired) electrons. The second-order valence-electron chi connectivity index (χ2n) is 5.52. The van der Waals surface area contributed by atoms with Crippen molar-refractivity contribution in [2.45, 2.75) is 11.5 Å². The zero-order valence-corrected chi connectivity index (χ0v) is 16.1. The maximum Gasteiger partial charge on any atom is 0.338 e. The molecule has 0 atom stereocenters. The molecule has 134 valence electrons. The smallest absolute Gasteiger partial charge is 0.338 e. The lowest BCUT2D eigenvalue weighted by Gasteiger charge is -2.04. The van der Waals surface area contributed by atoms with Crippen LogP contribution in [-0.2, 0) is 21.2 Å². The molecule has 1 heterocycles. The number of aromatic nitrogens is 1. The zero-order valence-electron chi connectivity index (χ0n) is 13.7. The van der Waals surface area contributed by atoms with E-state index in [9.17, 15) is 13.2 Å². The molecule has 0 N–H and O–H groups in total. The molecule has 0 aliphatic rings. The van der Waals surface area contributed by atoms with Gasteiger partial charge in [-0.05, 0) is 36.4 Å². The van der Waals surface area contributed by atoms with Crippen LogP contribution in [-0.4, -0.2) is 25.6 Å². The first-order chi connectivity index (χ1) is 12.3. The zero-order chi connectivity index (χ0) is 18.7. The molecule has 8 heteroatoms. The highest BCUT2D eigenvalue weighted by Crippen LogP contribution is 2.25. The molecule has 0 spiro atoms. The molecule has 0 fully saturated rings. The fourth-order valence-corrected chi connectivity index (χ4v) is 3.73. The Bertz CT molecular complexity index is 1030. The van der Waals surface area contributed by atoms with E-state index in [4.69, 9.17) is 16.3 Å². The number of carbonyl (C=O) groups excluding carboxylic acids is 1. The highest BCUT2D eigenvalue weighted by atomic mass is 35.5. The lowest BCUT2D eigenvalue weighted by molar-refractivity contribution is 0.0468. The molecular weight excluding hydrogens is 394 g/mol. The number of halogens is 1. The van der Waals surface area contributed by atoms with E-state index in [-0.39, 0.29) is 17.1 Å². The molecule has 0 amide bonds. The average Bonchev–Trinajstić information content (AvgIpc) is 3.08. The number of nitrogens with zero attached hydrogens (tertiary/aromatic N) is 1. The first kappa shape index (κ1) is 18.6. The lowest BCUT2D eigenvalue weighted by Crippen LogP contribution is -2.06. The Kier molecular flexibility index (Phi) is 5.41. The standard InChI is InChI=1S/C18H14ClNO4S2/c1-26(22,23)16-8-4-13(5-9-16)18(21)24-10-15-11-25-17(20-15)12-2-6-14(19)7-3-12/h2-9,11H,10H2,1H3. The Morgan fingerprint density at radius 1 is 1.12 bits per heavy atom. The number of carbonyl (C=O) groups is 1. The number of esters is 1. The summed E-state index contributed by atoms with van der Waals surface area (Å²) in [6.45, 7) is 0.0384. The van der Waals surface area contributed by atoms with E-state index in [2.05, 4.69) is 4.98 Å². The Hall–Kier alpha value is -2.22. The van der Waals surface area contributed by atoms with Gasteiger partial charge in [-0.25, -0.2) is 18.2 Å². The molecule has 3 aromatic rings. The normalized spacial score (nSPS) is 11.3. The van der Waals surface area contributed by atoms with Crippen LogP contribution in [0.25, 0.3) is 10.6 Å². The lowest BCUT2D eigenvalue weighted by atomic mass is 10.2. The largest absolute Gasteiger partial charge is 0.456 e. The highest BCUT2D eigenvalue weighted by Gasteiger charge is 2.12. The summed E-state index contributed by atoms with van der Waals surface area (Å²) in [7, 11) is -3.30. The van der Waals surface area contributed by atoms with E-state index < -0.39 is 15.8 Å². The minimum absolute atomic E-state index is 0.0384. The SMILES string of the molecule is CS(=O)(=O)c1ccc(C(=O)OCc2csc(-c3ccc(Cl)cc3)n2)cc1. The number of benzene rings is 2. The maximum absolute atomic E-state index is 12.1. The molecule has 0 unspecified atom stereocenters. The van der Waals surface area contributed by atoms with Gasteiger partial charge < -0.3 is 4.74 Å². The summed E-state index contributed by atoms with van der Waals surface area (Å²) in [5.74, 6) is -0.536. The molecule has 26 heavy (non-hydrogen) atoms. The monoisotopic (exact) mass is 407 g/mol. The van der Waals surface area contributed by atoms with Gasteiger partial charge >= 0.3 is 5.97 Å². The van der Waals surface area contributed by atoms with Crippen molar-refractivity contribution in [3.63, 3.8) is 0 Å². The fraction of sp³-hybridized carbons (Fsp3) is 0.111. The van der Waals surface area contributed by atoms with Crippen molar-refractivity contribution in [2.24, 2.45) is 0 Å². The number of ether oxygens (including phenoxy) is 1. The van der Waals surface area contributed by atoms with Gasteiger partial charge in [0.05, 0.1) is 16.2 Å². The van der Waals surface area contributed by atoms with Crippen LogP contribution in [0, 0.1) is 0 Å². The van der Waals surface area contributed by atoms with Gasteiger partial charge in [-0.1, -0.05) is 23.7 Å². The number of rotatable bonds is 5. The molecule has 0 bridgehead atoms. The van der Waals surface area contributed by atoms with Crippen molar-refractivity contribution in [1.82, 2.24) is 4.98 Å². The van der Waals surface area contributed by atoms with Crippen LogP contribution in [0.3, 0.4) is 0 Å². The predicted molar refractivity (Wildman–Crippen MR) is 101 cm³/mol. The van der Waals surface area contributed by atoms with Crippen molar-refractivity contribution in [2.75, 3.05) is 6.26 Å². The third-order valence-electron chi connectivity index (χ3n) is 3.51. The van der Waals surface area contributed by atoms with Gasteiger partial charge in [-0.3, -0.25) is 0 Å². The van der Waals surface area contributed by atoms with E-state index in [0.29, 0.717) is 10.7 Å². The van der Waals surface area contributed by atoms with Crippen molar-refractivity contribution in [3.8, 4) is 10.6 Å². The Morgan fingerprint density at radius 2 is 1.77 bits per heavy atom. The molecule has 1 aromatic heterocycles. The second kappa shape index (κ2) is 7.57. The van der Waals surface area contributed by atoms with E-state index in [0.717, 1.165) is 16.8 Å². The van der Waals surface area contributed by atoms with Gasteiger partial charge in [0.2, 0.25) is 0 Å². The van der Waals surface area contributed by atoms with E-state index in [1.807, 2.05) is 17.5 Å². The highest BCUT2D eigenvalue weighted by molar-refractivity contribution is 7.90. The molecule has 0 saturated heterocycles. The molecule has 0 aliphatic heterocycles. The van der Waals surface area contributed by atoms with E-state index in [1.54, 1.807) is 12.1 Å². The van der Waals surface area contributed by atoms with Gasteiger partial charge in [0.1, 0.15) is 11.6 Å². The van der Waals surface area contributed by atoms with Crippen LogP contribution in [0.5, 0.6) is 0 Å². The van der Waals surface area contributed by atoms with Gasteiger partial charge in [-0.15, -0.1) is 11.3 Å². The summed E-state index contributed by atoms with van der Waals surface area (Å²) in [6, 6.07) is 13.0. The summed E-state index contributed by atoms with van der Waals surface area (Å²) < 4.78 is 28.1. The second-order valence-corrected chi connectivity index (χ2v) is 8.83. The van der Waals surface area contributed by atoms with Gasteiger partial charge in [0, 0.05) is 22.2 Å². The van der Waals surface area contributed by atoms with Crippen LogP contribution in [0.1, 0.15) is 16.1 Å². The van der Waals surface area contributed by atoms with E-state index in [1.165, 1.54) is 35.6 Å². The van der Waals surface area contributed by atoms with Gasteiger partial charge in [0.25, 0.3) is 0 Å². The molecule has 0 aliphatic carbocycles. The van der Waals surface area contributed by atoms with Gasteiger partial charge in [0.15, 0.2) is 9.84 Å². The van der Waals surface area contributed by atoms with Crippen LogP contribution >= 0.6 is 22.9 Å². The topological polar surface area (TPSA) is 73.3 Å². The van der Waals surface area contributed by atoms with Crippen molar-refractivity contribution in [1.29, 1.82) is 0 Å². The third kappa shape index (κ3) is 4.49. The summed E-state index contributed by atoms with van der Waals surface area (Å²) in [5.41, 5.74) is 1.86. The molecule has 5 nitrogen and oxygen atoms in total. The maximum atomic E-state index is 12.1. The third-order valence-corrected chi connectivity index (χ3v) is 5.83. The Balaban J connectivity index is 1.64. The van der Waals surface area contributed by atoms with Crippen LogP contribution < -0.4 is 0 Å². The quantitative estimate of drug-likeness (QED) is 0.592. The minimum Gasteiger partial charge on any atom is -0.456 e. The summed E-state index contributed by atoms with van der Waals surface area (Å²) in [5, 5.41) is 3.29. The molecule has 2 aromatic carbocycles. The molecular formula is C18H14ClNO4S2. The van der Waals surface area contributed by atoms with Crippen molar-refractivity contribution in [3.05, 3.63) is 70.2 Å². The van der Waals surface area contributed by atoms with Crippen LogP contribution in [0.4, 0.5) is 0 Å². The summed E-state index contributed by atoms with van der Waals surface area (Å²) >= 11 is 7.32. The van der Waals surface area contributed by atoms with Crippen LogP contribution in [0.15, 0.2) is 58.8 Å². The summed E-state index contributed by atoms with van der Waals surface area (Å²) in [6.07, 6.45) is 1.11. The first-order valence-corrected chi connectivity index (χ1v) is 10.7. The van der Waals surface area contributed by atoms with Crippen molar-refractivity contribution >= 4 is 38.7 Å². The minimum atomic E-state index is -3.30. The fourth-order valence-electron chi connectivity index (χ4n) is 2.16. The average molecular weight is 408 g/mol. The van der Waals surface area contributed by atoms with E-state index >= 15 is 0 Å². The molecule has 3 rings (SSSR count). The molecule has 0 saturated carbocycles. The van der Waals surface area contributed by atoms with Gasteiger partial charge in [-0.2, -0.15) is 0 Å². The Labute approximate surface area is 160 Å². The first-order valence-electron chi connectivity index (χ1n) is 7.50. The number of hydrogen-bond acceptors (Lipinski definition) is 6. The Morgan fingerprint density at radius 3 is 2.38 bits per heavy atom. The summed E-state index contributed by atoms with van der Waals surface area (Å²) in [4.78, 5) is 16.7. The number of sulfone groups is 1. The van der Waals surface area contributed by atoms with Crippen molar-refractivity contribution < 1.29 is 17.9 Å². The number of hydrogen-bond donors (Lipinski definition) is 0.